The van der Waals surface area contributed by atoms with Gasteiger partial charge in [-0.3, -0.25) is 4.98 Å². The Bertz CT molecular complexity index is 377. The van der Waals surface area contributed by atoms with Gasteiger partial charge in [0, 0.05) is 12.2 Å². The smallest absolute Gasteiger partial charge is 0.378 e. The molecule has 2 heterocycles. The lowest BCUT2D eigenvalue weighted by Gasteiger charge is -2.29. The zero-order chi connectivity index (χ0) is 12.5. The summed E-state index contributed by atoms with van der Waals surface area (Å²) in [5.74, 6) is 0. The van der Waals surface area contributed by atoms with Crippen molar-refractivity contribution >= 4 is 0 Å². The van der Waals surface area contributed by atoms with Crippen LogP contribution in [0.5, 0.6) is 0 Å². The normalized spacial score (nSPS) is 25.9. The van der Waals surface area contributed by atoms with Crippen LogP contribution in [0, 0.1) is 0 Å². The third-order valence-corrected chi connectivity index (χ3v) is 2.62. The predicted molar refractivity (Wildman–Crippen MR) is 55.4 cm³/mol. The molecule has 0 saturated carbocycles. The summed E-state index contributed by atoms with van der Waals surface area (Å²) in [5, 5.41) is 3.24. The number of rotatable bonds is 1. The summed E-state index contributed by atoms with van der Waals surface area (Å²) < 4.78 is 42.3. The zero-order valence-electron chi connectivity index (χ0n) is 9.29. The van der Waals surface area contributed by atoms with Gasteiger partial charge in [0.25, 0.3) is 0 Å². The molecule has 1 aromatic rings. The predicted octanol–water partition coefficient (Wildman–Crippen LogP) is 2.15. The average Bonchev–Trinajstić information content (AvgIpc) is 2.28. The molecular weight excluding hydrogens is 233 g/mol. The molecule has 2 unspecified atom stereocenters. The highest BCUT2D eigenvalue weighted by molar-refractivity contribution is 5.20. The Labute approximate surface area is 97.0 Å². The van der Waals surface area contributed by atoms with Gasteiger partial charge in [0.1, 0.15) is 5.69 Å². The van der Waals surface area contributed by atoms with E-state index in [1.165, 1.54) is 12.3 Å². The van der Waals surface area contributed by atoms with Crippen molar-refractivity contribution in [2.24, 2.45) is 0 Å². The Morgan fingerprint density at radius 2 is 2.12 bits per heavy atom. The molecule has 0 aromatic carbocycles. The number of ether oxygens (including phenoxy) is 1. The van der Waals surface area contributed by atoms with Crippen LogP contribution >= 0.6 is 0 Å². The maximum atomic E-state index is 12.3. The Morgan fingerprint density at radius 1 is 1.35 bits per heavy atom. The summed E-state index contributed by atoms with van der Waals surface area (Å²) in [6.45, 7) is 3.03. The van der Waals surface area contributed by atoms with Crippen molar-refractivity contribution in [1.82, 2.24) is 10.3 Å². The molecule has 0 spiro atoms. The van der Waals surface area contributed by atoms with Crippen LogP contribution in [0.15, 0.2) is 18.3 Å². The van der Waals surface area contributed by atoms with Gasteiger partial charge in [-0.2, -0.15) is 13.2 Å². The molecule has 1 aromatic heterocycles. The van der Waals surface area contributed by atoms with Crippen molar-refractivity contribution in [2.45, 2.75) is 25.2 Å². The number of halogens is 3. The molecular formula is C11H13F3N2O. The van der Waals surface area contributed by atoms with E-state index in [0.717, 1.165) is 6.07 Å². The van der Waals surface area contributed by atoms with Gasteiger partial charge in [0.2, 0.25) is 0 Å². The number of morpholine rings is 1. The first-order chi connectivity index (χ1) is 7.97. The second-order valence-corrected chi connectivity index (χ2v) is 4.13. The van der Waals surface area contributed by atoms with Crippen molar-refractivity contribution in [3.8, 4) is 0 Å². The quantitative estimate of drug-likeness (QED) is 0.824. The average molecular weight is 246 g/mol. The van der Waals surface area contributed by atoms with E-state index in [1.807, 2.05) is 6.92 Å². The third kappa shape index (κ3) is 2.95. The molecule has 17 heavy (non-hydrogen) atoms. The second-order valence-electron chi connectivity index (χ2n) is 4.13. The van der Waals surface area contributed by atoms with Crippen LogP contribution in [0.3, 0.4) is 0 Å². The highest BCUT2D eigenvalue weighted by Crippen LogP contribution is 2.28. The topological polar surface area (TPSA) is 34.1 Å². The summed E-state index contributed by atoms with van der Waals surface area (Å²) in [6, 6.07) is 2.54. The van der Waals surface area contributed by atoms with Gasteiger partial charge in [-0.15, -0.1) is 0 Å². The van der Waals surface area contributed by atoms with Crippen molar-refractivity contribution in [3.05, 3.63) is 29.6 Å². The zero-order valence-corrected chi connectivity index (χ0v) is 9.29. The number of hydrogen-bond donors (Lipinski definition) is 1. The largest absolute Gasteiger partial charge is 0.433 e. The molecule has 0 amide bonds. The van der Waals surface area contributed by atoms with E-state index in [9.17, 15) is 13.2 Å². The van der Waals surface area contributed by atoms with Crippen LogP contribution in [-0.2, 0) is 10.9 Å². The van der Waals surface area contributed by atoms with Gasteiger partial charge in [-0.1, -0.05) is 6.07 Å². The second kappa shape index (κ2) is 4.62. The van der Waals surface area contributed by atoms with Crippen molar-refractivity contribution in [1.29, 1.82) is 0 Å². The maximum absolute atomic E-state index is 12.3. The van der Waals surface area contributed by atoms with Crippen LogP contribution in [0.4, 0.5) is 13.2 Å². The van der Waals surface area contributed by atoms with E-state index < -0.39 is 11.9 Å². The molecule has 1 aliphatic rings. The fraction of sp³-hybridized carbons (Fsp3) is 0.545. The standard InChI is InChI=1S/C11H13F3N2O/c1-7-5-17-6-9(16-7)8-2-3-10(15-4-8)11(12,13)14/h2-4,7,9,16H,5-6H2,1H3. The first-order valence-corrected chi connectivity index (χ1v) is 5.34. The number of pyridine rings is 1. The lowest BCUT2D eigenvalue weighted by molar-refractivity contribution is -0.141. The Morgan fingerprint density at radius 3 is 2.65 bits per heavy atom. The van der Waals surface area contributed by atoms with E-state index in [-0.39, 0.29) is 12.1 Å². The minimum atomic E-state index is -4.39. The van der Waals surface area contributed by atoms with E-state index in [1.54, 1.807) is 0 Å². The van der Waals surface area contributed by atoms with Gasteiger partial charge in [-0.05, 0) is 18.6 Å². The fourth-order valence-electron chi connectivity index (χ4n) is 1.77. The van der Waals surface area contributed by atoms with Gasteiger partial charge in [0.15, 0.2) is 0 Å². The molecule has 1 N–H and O–H groups in total. The van der Waals surface area contributed by atoms with E-state index in [4.69, 9.17) is 4.74 Å². The number of nitrogens with one attached hydrogen (secondary N) is 1. The molecule has 94 valence electrons. The van der Waals surface area contributed by atoms with Crippen LogP contribution in [0.2, 0.25) is 0 Å². The molecule has 0 aliphatic carbocycles. The molecule has 0 radical (unpaired) electrons. The van der Waals surface area contributed by atoms with E-state index in [2.05, 4.69) is 10.3 Å². The summed E-state index contributed by atoms with van der Waals surface area (Å²) >= 11 is 0. The minimum Gasteiger partial charge on any atom is -0.378 e. The molecule has 1 aliphatic heterocycles. The summed E-state index contributed by atoms with van der Waals surface area (Å²) in [6.07, 6.45) is -3.13. The summed E-state index contributed by atoms with van der Waals surface area (Å²) in [7, 11) is 0. The SMILES string of the molecule is CC1COCC(c2ccc(C(F)(F)F)nc2)N1. The van der Waals surface area contributed by atoms with E-state index >= 15 is 0 Å². The minimum absolute atomic E-state index is 0.0893. The monoisotopic (exact) mass is 246 g/mol. The summed E-state index contributed by atoms with van der Waals surface area (Å²) in [5.41, 5.74) is -0.157. The first-order valence-electron chi connectivity index (χ1n) is 5.34. The van der Waals surface area contributed by atoms with Crippen molar-refractivity contribution in [2.75, 3.05) is 13.2 Å². The molecule has 1 saturated heterocycles. The maximum Gasteiger partial charge on any atom is 0.433 e. The molecule has 3 nitrogen and oxygen atoms in total. The van der Waals surface area contributed by atoms with Crippen LogP contribution in [-0.4, -0.2) is 24.2 Å². The fourth-order valence-corrected chi connectivity index (χ4v) is 1.77. The van der Waals surface area contributed by atoms with Crippen molar-refractivity contribution in [3.63, 3.8) is 0 Å². The Balaban J connectivity index is 2.12. The number of nitrogens with zero attached hydrogens (tertiary/aromatic N) is 1. The van der Waals surface area contributed by atoms with Gasteiger partial charge in [0.05, 0.1) is 19.3 Å². The molecule has 1 fully saturated rings. The van der Waals surface area contributed by atoms with E-state index in [0.29, 0.717) is 18.8 Å². The molecule has 0 bridgehead atoms. The number of alkyl halides is 3. The van der Waals surface area contributed by atoms with Crippen LogP contribution in [0.1, 0.15) is 24.2 Å². The highest BCUT2D eigenvalue weighted by atomic mass is 19.4. The van der Waals surface area contributed by atoms with Gasteiger partial charge < -0.3 is 10.1 Å². The lowest BCUT2D eigenvalue weighted by atomic mass is 10.1. The molecule has 2 rings (SSSR count). The first kappa shape index (κ1) is 12.3. The third-order valence-electron chi connectivity index (χ3n) is 2.62. The lowest BCUT2D eigenvalue weighted by Crippen LogP contribution is -2.41. The number of hydrogen-bond acceptors (Lipinski definition) is 3. The van der Waals surface area contributed by atoms with Crippen LogP contribution in [0.25, 0.3) is 0 Å². The summed E-state index contributed by atoms with van der Waals surface area (Å²) in [4.78, 5) is 3.43. The highest BCUT2D eigenvalue weighted by Gasteiger charge is 2.32. The van der Waals surface area contributed by atoms with Crippen molar-refractivity contribution < 1.29 is 17.9 Å². The number of aromatic nitrogens is 1. The Hall–Kier alpha value is -1.14. The van der Waals surface area contributed by atoms with Crippen LogP contribution < -0.4 is 5.32 Å². The van der Waals surface area contributed by atoms with Gasteiger partial charge in [-0.25, -0.2) is 0 Å². The van der Waals surface area contributed by atoms with Gasteiger partial charge >= 0.3 is 6.18 Å². The molecule has 2 atom stereocenters. The Kier molecular flexibility index (Phi) is 3.35. The molecule has 6 heteroatoms.